The van der Waals surface area contributed by atoms with Crippen molar-refractivity contribution in [3.8, 4) is 5.69 Å². The van der Waals surface area contributed by atoms with Gasteiger partial charge in [0.2, 0.25) is 5.91 Å². The Bertz CT molecular complexity index is 547. The lowest BCUT2D eigenvalue weighted by Gasteiger charge is -2.14. The molecule has 1 aromatic heterocycles. The number of para-hydroxylation sites is 2. The van der Waals surface area contributed by atoms with E-state index in [0.29, 0.717) is 13.0 Å². The maximum Gasteiger partial charge on any atom is 0.224 e. The fourth-order valence-corrected chi connectivity index (χ4v) is 2.05. The standard InChI is InChI=1S/C15H20N4O/c1-2-12(11-16)10-15(20)18-13-6-3-4-7-14(13)19-9-5-8-17-19/h3-9,12H,2,10-11,16H2,1H3,(H,18,20). The summed E-state index contributed by atoms with van der Waals surface area (Å²) in [6.07, 6.45) is 4.91. The lowest BCUT2D eigenvalue weighted by atomic mass is 10.0. The summed E-state index contributed by atoms with van der Waals surface area (Å²) in [5.41, 5.74) is 7.25. The second kappa shape index (κ2) is 6.86. The first-order chi connectivity index (χ1) is 9.74. The number of benzene rings is 1. The van der Waals surface area contributed by atoms with Gasteiger partial charge in [0.15, 0.2) is 0 Å². The molecule has 106 valence electrons. The van der Waals surface area contributed by atoms with Crippen LogP contribution in [0.25, 0.3) is 5.69 Å². The zero-order valence-corrected chi connectivity index (χ0v) is 11.6. The number of anilines is 1. The van der Waals surface area contributed by atoms with Gasteiger partial charge in [0.1, 0.15) is 0 Å². The van der Waals surface area contributed by atoms with Crippen LogP contribution in [0.3, 0.4) is 0 Å². The summed E-state index contributed by atoms with van der Waals surface area (Å²) < 4.78 is 1.73. The molecule has 0 radical (unpaired) electrons. The number of hydrogen-bond donors (Lipinski definition) is 2. The molecule has 0 fully saturated rings. The molecular formula is C15H20N4O. The summed E-state index contributed by atoms with van der Waals surface area (Å²) in [6.45, 7) is 2.58. The molecule has 0 saturated heterocycles. The third-order valence-electron chi connectivity index (χ3n) is 3.31. The minimum absolute atomic E-state index is 0.0121. The normalized spacial score (nSPS) is 12.1. The molecule has 0 bridgehead atoms. The van der Waals surface area contributed by atoms with Crippen molar-refractivity contribution in [1.82, 2.24) is 9.78 Å². The Kier molecular flexibility index (Phi) is 4.90. The predicted molar refractivity (Wildman–Crippen MR) is 79.6 cm³/mol. The zero-order valence-electron chi connectivity index (χ0n) is 11.6. The van der Waals surface area contributed by atoms with Gasteiger partial charge in [-0.2, -0.15) is 5.10 Å². The molecule has 1 aromatic carbocycles. The average Bonchev–Trinajstić information content (AvgIpc) is 2.99. The lowest BCUT2D eigenvalue weighted by molar-refractivity contribution is -0.117. The number of carbonyl (C=O) groups is 1. The van der Waals surface area contributed by atoms with Crippen LogP contribution in [0.4, 0.5) is 5.69 Å². The summed E-state index contributed by atoms with van der Waals surface area (Å²) in [7, 11) is 0. The molecule has 0 spiro atoms. The molecule has 0 aliphatic rings. The first-order valence-corrected chi connectivity index (χ1v) is 6.83. The molecule has 1 heterocycles. The molecule has 5 heteroatoms. The number of aromatic nitrogens is 2. The van der Waals surface area contributed by atoms with E-state index in [1.54, 1.807) is 10.9 Å². The molecule has 1 atom stereocenters. The highest BCUT2D eigenvalue weighted by atomic mass is 16.1. The molecule has 0 saturated carbocycles. The van der Waals surface area contributed by atoms with Crippen molar-refractivity contribution in [2.75, 3.05) is 11.9 Å². The second-order valence-corrected chi connectivity index (χ2v) is 4.73. The van der Waals surface area contributed by atoms with Crippen LogP contribution in [-0.4, -0.2) is 22.2 Å². The van der Waals surface area contributed by atoms with Gasteiger partial charge in [0.05, 0.1) is 11.4 Å². The number of nitrogens with two attached hydrogens (primary N) is 1. The Morgan fingerprint density at radius 1 is 1.40 bits per heavy atom. The fraction of sp³-hybridized carbons (Fsp3) is 0.333. The Morgan fingerprint density at radius 3 is 2.85 bits per heavy atom. The molecule has 2 rings (SSSR count). The van der Waals surface area contributed by atoms with Gasteiger partial charge in [-0.05, 0) is 30.7 Å². The minimum atomic E-state index is -0.0121. The van der Waals surface area contributed by atoms with E-state index in [-0.39, 0.29) is 11.8 Å². The number of amides is 1. The van der Waals surface area contributed by atoms with Crippen molar-refractivity contribution in [1.29, 1.82) is 0 Å². The number of nitrogens with zero attached hydrogens (tertiary/aromatic N) is 2. The summed E-state index contributed by atoms with van der Waals surface area (Å²) in [5, 5.41) is 7.14. The van der Waals surface area contributed by atoms with Crippen molar-refractivity contribution < 1.29 is 4.79 Å². The number of rotatable bonds is 6. The molecular weight excluding hydrogens is 252 g/mol. The van der Waals surface area contributed by atoms with Crippen molar-refractivity contribution in [2.45, 2.75) is 19.8 Å². The van der Waals surface area contributed by atoms with Gasteiger partial charge in [0, 0.05) is 18.8 Å². The van der Waals surface area contributed by atoms with Crippen LogP contribution in [0.15, 0.2) is 42.7 Å². The van der Waals surface area contributed by atoms with Crippen LogP contribution >= 0.6 is 0 Å². The van der Waals surface area contributed by atoms with Gasteiger partial charge in [-0.15, -0.1) is 0 Å². The average molecular weight is 272 g/mol. The van der Waals surface area contributed by atoms with E-state index in [0.717, 1.165) is 17.8 Å². The van der Waals surface area contributed by atoms with Crippen LogP contribution in [0.1, 0.15) is 19.8 Å². The molecule has 1 unspecified atom stereocenters. The first-order valence-electron chi connectivity index (χ1n) is 6.83. The quantitative estimate of drug-likeness (QED) is 0.846. The summed E-state index contributed by atoms with van der Waals surface area (Å²) in [5.74, 6) is 0.216. The molecule has 0 aliphatic carbocycles. The smallest absolute Gasteiger partial charge is 0.224 e. The maximum atomic E-state index is 12.1. The van der Waals surface area contributed by atoms with Crippen molar-refractivity contribution >= 4 is 11.6 Å². The summed E-state index contributed by atoms with van der Waals surface area (Å²) in [6, 6.07) is 9.45. The molecule has 3 N–H and O–H groups in total. The van der Waals surface area contributed by atoms with Gasteiger partial charge < -0.3 is 11.1 Å². The van der Waals surface area contributed by atoms with Gasteiger partial charge >= 0.3 is 0 Å². The largest absolute Gasteiger partial charge is 0.330 e. The SMILES string of the molecule is CCC(CN)CC(=O)Nc1ccccc1-n1cccn1. The second-order valence-electron chi connectivity index (χ2n) is 4.73. The summed E-state index contributed by atoms with van der Waals surface area (Å²) >= 11 is 0. The highest BCUT2D eigenvalue weighted by molar-refractivity contribution is 5.92. The van der Waals surface area contributed by atoms with Gasteiger partial charge in [-0.25, -0.2) is 4.68 Å². The third kappa shape index (κ3) is 3.45. The number of nitrogens with one attached hydrogen (secondary N) is 1. The Hall–Kier alpha value is -2.14. The van der Waals surface area contributed by atoms with Gasteiger partial charge in [0.25, 0.3) is 0 Å². The van der Waals surface area contributed by atoms with E-state index < -0.39 is 0 Å². The maximum absolute atomic E-state index is 12.1. The lowest BCUT2D eigenvalue weighted by Crippen LogP contribution is -2.22. The van der Waals surface area contributed by atoms with Crippen LogP contribution in [0.5, 0.6) is 0 Å². The van der Waals surface area contributed by atoms with E-state index in [1.165, 1.54) is 0 Å². The molecule has 5 nitrogen and oxygen atoms in total. The van der Waals surface area contributed by atoms with Crippen LogP contribution in [0.2, 0.25) is 0 Å². The molecule has 1 amide bonds. The monoisotopic (exact) mass is 272 g/mol. The third-order valence-corrected chi connectivity index (χ3v) is 3.31. The Morgan fingerprint density at radius 2 is 2.20 bits per heavy atom. The first kappa shape index (κ1) is 14.3. The number of hydrogen-bond acceptors (Lipinski definition) is 3. The summed E-state index contributed by atoms with van der Waals surface area (Å²) in [4.78, 5) is 12.1. The van der Waals surface area contributed by atoms with E-state index in [4.69, 9.17) is 5.73 Å². The van der Waals surface area contributed by atoms with Crippen LogP contribution in [0, 0.1) is 5.92 Å². The minimum Gasteiger partial charge on any atom is -0.330 e. The molecule has 2 aromatic rings. The van der Waals surface area contributed by atoms with Crippen LogP contribution < -0.4 is 11.1 Å². The van der Waals surface area contributed by atoms with Crippen molar-refractivity contribution in [3.05, 3.63) is 42.7 Å². The van der Waals surface area contributed by atoms with Gasteiger partial charge in [-0.3, -0.25) is 4.79 Å². The van der Waals surface area contributed by atoms with Crippen LogP contribution in [-0.2, 0) is 4.79 Å². The highest BCUT2D eigenvalue weighted by Gasteiger charge is 2.12. The Balaban J connectivity index is 2.12. The van der Waals surface area contributed by atoms with E-state index in [9.17, 15) is 4.79 Å². The van der Waals surface area contributed by atoms with Gasteiger partial charge in [-0.1, -0.05) is 25.5 Å². The number of carbonyl (C=O) groups excluding carboxylic acids is 1. The molecule has 20 heavy (non-hydrogen) atoms. The van der Waals surface area contributed by atoms with Crippen molar-refractivity contribution in [2.24, 2.45) is 11.7 Å². The van der Waals surface area contributed by atoms with E-state index in [1.807, 2.05) is 43.5 Å². The predicted octanol–water partition coefficient (Wildman–Crippen LogP) is 2.19. The Labute approximate surface area is 118 Å². The van der Waals surface area contributed by atoms with Crippen molar-refractivity contribution in [3.63, 3.8) is 0 Å². The zero-order chi connectivity index (χ0) is 14.4. The fourth-order valence-electron chi connectivity index (χ4n) is 2.05. The highest BCUT2D eigenvalue weighted by Crippen LogP contribution is 2.19. The van der Waals surface area contributed by atoms with E-state index in [2.05, 4.69) is 10.4 Å². The van der Waals surface area contributed by atoms with E-state index >= 15 is 0 Å². The topological polar surface area (TPSA) is 72.9 Å². The molecule has 0 aliphatic heterocycles.